The number of hydrogen-bond acceptors (Lipinski definition) is 5. The molecule has 1 saturated heterocycles. The zero-order valence-electron chi connectivity index (χ0n) is 8.81. The molecule has 4 nitrogen and oxygen atoms in total. The van der Waals surface area contributed by atoms with Crippen LogP contribution in [0.4, 0.5) is 0 Å². The van der Waals surface area contributed by atoms with E-state index in [4.69, 9.17) is 0 Å². The first kappa shape index (κ1) is 12.5. The topological polar surface area (TPSA) is 49.4 Å². The van der Waals surface area contributed by atoms with Crippen LogP contribution in [0, 0.1) is 0 Å². The van der Waals surface area contributed by atoms with E-state index >= 15 is 0 Å². The van der Waals surface area contributed by atoms with E-state index in [2.05, 4.69) is 21.2 Å². The maximum Gasteiger partial charge on any atom is 0.205 e. The molecule has 0 aromatic carbocycles. The third-order valence-electron chi connectivity index (χ3n) is 2.64. The van der Waals surface area contributed by atoms with Crippen molar-refractivity contribution in [3.05, 3.63) is 15.9 Å². The summed E-state index contributed by atoms with van der Waals surface area (Å²) in [6.45, 7) is 2.10. The minimum Gasteiger partial charge on any atom is -0.313 e. The summed E-state index contributed by atoms with van der Waals surface area (Å²) in [5, 5.41) is 2.67. The molecular formula is C9H13BrN2O2S2. The second kappa shape index (κ2) is 4.73. The van der Waals surface area contributed by atoms with Crippen LogP contribution in [0.2, 0.25) is 0 Å². The maximum atomic E-state index is 12.3. The first-order chi connectivity index (χ1) is 7.51. The summed E-state index contributed by atoms with van der Waals surface area (Å²) >= 11 is 4.55. The van der Waals surface area contributed by atoms with Gasteiger partial charge in [-0.3, -0.25) is 4.90 Å². The molecule has 1 aromatic rings. The Morgan fingerprint density at radius 1 is 1.56 bits per heavy atom. The summed E-state index contributed by atoms with van der Waals surface area (Å²) in [5.41, 5.74) is 0. The average molecular weight is 325 g/mol. The summed E-state index contributed by atoms with van der Waals surface area (Å²) < 4.78 is 25.9. The first-order valence-electron chi connectivity index (χ1n) is 4.92. The number of hydrogen-bond donors (Lipinski definition) is 1. The van der Waals surface area contributed by atoms with Crippen molar-refractivity contribution < 1.29 is 8.42 Å². The molecule has 7 heteroatoms. The van der Waals surface area contributed by atoms with Crippen LogP contribution in [0.15, 0.2) is 20.1 Å². The lowest BCUT2D eigenvalue weighted by Gasteiger charge is -2.32. The van der Waals surface area contributed by atoms with Crippen LogP contribution in [-0.4, -0.2) is 45.4 Å². The van der Waals surface area contributed by atoms with Gasteiger partial charge in [0.25, 0.3) is 0 Å². The quantitative estimate of drug-likeness (QED) is 0.886. The molecule has 0 aliphatic carbocycles. The highest BCUT2D eigenvalue weighted by Gasteiger charge is 2.33. The Balaban J connectivity index is 2.31. The fourth-order valence-electron chi connectivity index (χ4n) is 1.71. The molecule has 1 aromatic heterocycles. The molecule has 2 rings (SSSR count). The summed E-state index contributed by atoms with van der Waals surface area (Å²) in [5.74, 6) is 0. The molecule has 16 heavy (non-hydrogen) atoms. The van der Waals surface area contributed by atoms with E-state index in [1.165, 1.54) is 11.3 Å². The van der Waals surface area contributed by atoms with Gasteiger partial charge in [0.2, 0.25) is 9.84 Å². The molecule has 1 aliphatic rings. The summed E-state index contributed by atoms with van der Waals surface area (Å²) in [4.78, 5) is 1.89. The molecule has 1 atom stereocenters. The van der Waals surface area contributed by atoms with Crippen molar-refractivity contribution in [3.63, 3.8) is 0 Å². The Hall–Kier alpha value is 0.0500. The number of halogens is 1. The number of sulfone groups is 1. The van der Waals surface area contributed by atoms with E-state index < -0.39 is 15.2 Å². The third kappa shape index (κ3) is 2.33. The largest absolute Gasteiger partial charge is 0.313 e. The molecule has 0 bridgehead atoms. The monoisotopic (exact) mass is 324 g/mol. The minimum absolute atomic E-state index is 0.430. The number of piperazine rings is 1. The van der Waals surface area contributed by atoms with Crippen LogP contribution < -0.4 is 5.32 Å². The van der Waals surface area contributed by atoms with Crippen molar-refractivity contribution >= 4 is 37.1 Å². The van der Waals surface area contributed by atoms with Gasteiger partial charge in [0, 0.05) is 19.6 Å². The van der Waals surface area contributed by atoms with Gasteiger partial charge in [-0.25, -0.2) is 8.42 Å². The predicted octanol–water partition coefficient (Wildman–Crippen LogP) is 1.15. The lowest BCUT2D eigenvalue weighted by Crippen LogP contribution is -2.52. The molecule has 0 spiro atoms. The Kier molecular flexibility index (Phi) is 3.70. The lowest BCUT2D eigenvalue weighted by molar-refractivity contribution is 0.255. The predicted molar refractivity (Wildman–Crippen MR) is 68.5 cm³/mol. The van der Waals surface area contributed by atoms with E-state index in [-0.39, 0.29) is 0 Å². The number of thiophene rings is 1. The maximum absolute atomic E-state index is 12.3. The standard InChI is InChI=1S/C9H13BrN2O2S2/c1-12-5-4-11-6-8(12)16(13,14)9-3-2-7(10)15-9/h2-3,8,11H,4-6H2,1H3. The van der Waals surface area contributed by atoms with Gasteiger partial charge in [0.1, 0.15) is 9.58 Å². The van der Waals surface area contributed by atoms with E-state index in [0.29, 0.717) is 10.8 Å². The second-order valence-corrected chi connectivity index (χ2v) is 8.54. The van der Waals surface area contributed by atoms with Gasteiger partial charge >= 0.3 is 0 Å². The van der Waals surface area contributed by atoms with Crippen LogP contribution in [-0.2, 0) is 9.84 Å². The van der Waals surface area contributed by atoms with Gasteiger partial charge in [-0.15, -0.1) is 11.3 Å². The molecule has 1 N–H and O–H groups in total. The second-order valence-electron chi connectivity index (χ2n) is 3.74. The Morgan fingerprint density at radius 2 is 2.31 bits per heavy atom. The van der Waals surface area contributed by atoms with Gasteiger partial charge in [0.05, 0.1) is 3.79 Å². The SMILES string of the molecule is CN1CCNCC1S(=O)(=O)c1ccc(Br)s1. The molecular weight excluding hydrogens is 312 g/mol. The normalized spacial score (nSPS) is 23.5. The fourth-order valence-corrected chi connectivity index (χ4v) is 5.66. The molecule has 1 fully saturated rings. The van der Waals surface area contributed by atoms with Gasteiger partial charge in [0.15, 0.2) is 0 Å². The van der Waals surface area contributed by atoms with Crippen LogP contribution in [0.1, 0.15) is 0 Å². The van der Waals surface area contributed by atoms with E-state index in [9.17, 15) is 8.42 Å². The fraction of sp³-hybridized carbons (Fsp3) is 0.556. The number of nitrogens with one attached hydrogen (secondary N) is 1. The van der Waals surface area contributed by atoms with Crippen molar-refractivity contribution in [2.75, 3.05) is 26.7 Å². The van der Waals surface area contributed by atoms with Crippen molar-refractivity contribution in [2.45, 2.75) is 9.58 Å². The highest BCUT2D eigenvalue weighted by molar-refractivity contribution is 9.11. The minimum atomic E-state index is -3.24. The Morgan fingerprint density at radius 3 is 2.88 bits per heavy atom. The smallest absolute Gasteiger partial charge is 0.205 e. The first-order valence-corrected chi connectivity index (χ1v) is 8.07. The molecule has 90 valence electrons. The van der Waals surface area contributed by atoms with E-state index in [0.717, 1.165) is 16.9 Å². The van der Waals surface area contributed by atoms with Gasteiger partial charge in [-0.2, -0.15) is 0 Å². The molecule has 0 radical (unpaired) electrons. The summed E-state index contributed by atoms with van der Waals surface area (Å²) in [7, 11) is -1.39. The number of nitrogens with zero attached hydrogens (tertiary/aromatic N) is 1. The van der Waals surface area contributed by atoms with Crippen molar-refractivity contribution in [3.8, 4) is 0 Å². The van der Waals surface area contributed by atoms with Crippen LogP contribution in [0.3, 0.4) is 0 Å². The molecule has 0 amide bonds. The summed E-state index contributed by atoms with van der Waals surface area (Å²) in [6.07, 6.45) is 0. The van der Waals surface area contributed by atoms with E-state index in [1.807, 2.05) is 11.9 Å². The highest BCUT2D eigenvalue weighted by atomic mass is 79.9. The zero-order valence-corrected chi connectivity index (χ0v) is 12.0. The van der Waals surface area contributed by atoms with E-state index in [1.54, 1.807) is 12.1 Å². The van der Waals surface area contributed by atoms with Crippen LogP contribution in [0.25, 0.3) is 0 Å². The van der Waals surface area contributed by atoms with Gasteiger partial charge < -0.3 is 5.32 Å². The molecule has 1 unspecified atom stereocenters. The molecule has 0 saturated carbocycles. The highest BCUT2D eigenvalue weighted by Crippen LogP contribution is 2.29. The summed E-state index contributed by atoms with van der Waals surface area (Å²) in [6, 6.07) is 3.43. The van der Waals surface area contributed by atoms with Gasteiger partial charge in [-0.1, -0.05) is 0 Å². The average Bonchev–Trinajstić information content (AvgIpc) is 2.66. The third-order valence-corrected chi connectivity index (χ3v) is 6.94. The van der Waals surface area contributed by atoms with Crippen molar-refractivity contribution in [1.29, 1.82) is 0 Å². The zero-order chi connectivity index (χ0) is 11.8. The number of likely N-dealkylation sites (N-methyl/N-ethyl adjacent to an activating group) is 1. The van der Waals surface area contributed by atoms with Crippen molar-refractivity contribution in [1.82, 2.24) is 10.2 Å². The van der Waals surface area contributed by atoms with Gasteiger partial charge in [-0.05, 0) is 35.1 Å². The Labute approximate surface area is 108 Å². The molecule has 1 aliphatic heterocycles. The van der Waals surface area contributed by atoms with Crippen LogP contribution >= 0.6 is 27.3 Å². The lowest BCUT2D eigenvalue weighted by atomic mass is 10.4. The Bertz CT molecular complexity index is 472. The van der Waals surface area contributed by atoms with Crippen LogP contribution in [0.5, 0.6) is 0 Å². The number of rotatable bonds is 2. The molecule has 2 heterocycles. The van der Waals surface area contributed by atoms with Crippen molar-refractivity contribution in [2.24, 2.45) is 0 Å².